The van der Waals surface area contributed by atoms with Crippen LogP contribution in [0.2, 0.25) is 0 Å². The maximum absolute atomic E-state index is 4.22. The predicted molar refractivity (Wildman–Crippen MR) is 46.5 cm³/mol. The highest BCUT2D eigenvalue weighted by Crippen LogP contribution is 2.17. The molecule has 0 aliphatic rings. The van der Waals surface area contributed by atoms with Crippen molar-refractivity contribution in [2.24, 2.45) is 7.05 Å². The largest absolute Gasteiger partial charge is 0.349 e. The van der Waals surface area contributed by atoms with Gasteiger partial charge in [-0.2, -0.15) is 0 Å². The van der Waals surface area contributed by atoms with Crippen LogP contribution in [0.15, 0.2) is 29.2 Å². The minimum atomic E-state index is 1.06. The van der Waals surface area contributed by atoms with Crippen molar-refractivity contribution in [3.05, 3.63) is 29.2 Å². The van der Waals surface area contributed by atoms with Crippen LogP contribution in [-0.4, -0.2) is 9.55 Å². The third kappa shape index (κ3) is 1.07. The first kappa shape index (κ1) is 6.61. The van der Waals surface area contributed by atoms with Crippen LogP contribution in [0.25, 0.3) is 11.4 Å². The van der Waals surface area contributed by atoms with E-state index in [9.17, 15) is 0 Å². The fourth-order valence-corrected chi connectivity index (χ4v) is 1.61. The van der Waals surface area contributed by atoms with Crippen LogP contribution >= 0.6 is 11.3 Å². The molecule has 0 atom stereocenters. The molecule has 0 spiro atoms. The van der Waals surface area contributed by atoms with Crippen molar-refractivity contribution in [1.82, 2.24) is 9.55 Å². The number of aromatic nitrogens is 2. The lowest BCUT2D eigenvalue weighted by Gasteiger charge is -1.96. The smallest absolute Gasteiger partial charge is 0.0975 e. The zero-order valence-corrected chi connectivity index (χ0v) is 7.01. The molecule has 0 N–H and O–H groups in total. The summed E-state index contributed by atoms with van der Waals surface area (Å²) in [6.07, 6.45) is 2.02. The van der Waals surface area contributed by atoms with E-state index in [-0.39, 0.29) is 0 Å². The quantitative estimate of drug-likeness (QED) is 0.631. The number of thiazole rings is 1. The molecule has 56 valence electrons. The summed E-state index contributed by atoms with van der Waals surface area (Å²) in [5.41, 5.74) is 4.08. The summed E-state index contributed by atoms with van der Waals surface area (Å²) in [4.78, 5) is 4.22. The molecule has 0 fully saturated rings. The summed E-state index contributed by atoms with van der Waals surface area (Å²) in [6.45, 7) is 0. The fourth-order valence-electron chi connectivity index (χ4n) is 1.07. The highest BCUT2D eigenvalue weighted by atomic mass is 32.1. The van der Waals surface area contributed by atoms with Crippen LogP contribution < -0.4 is 0 Å². The molecule has 0 radical (unpaired) electrons. The van der Waals surface area contributed by atoms with Crippen molar-refractivity contribution >= 4 is 11.3 Å². The first-order valence-electron chi connectivity index (χ1n) is 3.38. The van der Waals surface area contributed by atoms with E-state index in [0.717, 1.165) is 5.69 Å². The van der Waals surface area contributed by atoms with Crippen molar-refractivity contribution < 1.29 is 0 Å². The number of rotatable bonds is 1. The van der Waals surface area contributed by atoms with Gasteiger partial charge in [0.25, 0.3) is 0 Å². The topological polar surface area (TPSA) is 17.8 Å². The van der Waals surface area contributed by atoms with E-state index < -0.39 is 0 Å². The molecule has 0 aliphatic heterocycles. The second kappa shape index (κ2) is 2.51. The van der Waals surface area contributed by atoms with E-state index >= 15 is 0 Å². The third-order valence-corrected chi connectivity index (χ3v) is 2.22. The normalized spacial score (nSPS) is 10.3. The Balaban J connectivity index is 2.53. The van der Waals surface area contributed by atoms with Gasteiger partial charge in [0.15, 0.2) is 0 Å². The van der Waals surface area contributed by atoms with Gasteiger partial charge in [0, 0.05) is 18.6 Å². The third-order valence-electron chi connectivity index (χ3n) is 1.64. The van der Waals surface area contributed by atoms with Crippen molar-refractivity contribution in [3.8, 4) is 11.4 Å². The van der Waals surface area contributed by atoms with Gasteiger partial charge in [0.2, 0.25) is 0 Å². The van der Waals surface area contributed by atoms with Crippen LogP contribution in [0.5, 0.6) is 0 Å². The van der Waals surface area contributed by atoms with E-state index in [1.807, 2.05) is 24.8 Å². The standard InChI is InChI=1S/C8H8N2S/c1-10-4-2-3-8(10)7-5-11-6-9-7/h2-6H,1H3. The number of aryl methyl sites for hydroxylation is 1. The first-order chi connectivity index (χ1) is 5.38. The summed E-state index contributed by atoms with van der Waals surface area (Å²) in [5.74, 6) is 0. The molecule has 2 aromatic rings. The van der Waals surface area contributed by atoms with Gasteiger partial charge in [-0.05, 0) is 12.1 Å². The Bertz CT molecular complexity index is 335. The molecular weight excluding hydrogens is 156 g/mol. The van der Waals surface area contributed by atoms with Gasteiger partial charge in [-0.15, -0.1) is 11.3 Å². The van der Waals surface area contributed by atoms with Crippen molar-refractivity contribution in [3.63, 3.8) is 0 Å². The molecule has 2 rings (SSSR count). The molecule has 0 amide bonds. The minimum Gasteiger partial charge on any atom is -0.349 e. The molecule has 2 heterocycles. The lowest BCUT2D eigenvalue weighted by molar-refractivity contribution is 0.932. The average Bonchev–Trinajstić information content (AvgIpc) is 2.55. The molecular formula is C8H8N2S. The molecule has 0 saturated carbocycles. The lowest BCUT2D eigenvalue weighted by atomic mass is 10.3. The molecule has 0 aromatic carbocycles. The van der Waals surface area contributed by atoms with E-state index in [4.69, 9.17) is 0 Å². The summed E-state index contributed by atoms with van der Waals surface area (Å²) in [6, 6.07) is 4.09. The van der Waals surface area contributed by atoms with Crippen molar-refractivity contribution in [2.75, 3.05) is 0 Å². The summed E-state index contributed by atoms with van der Waals surface area (Å²) < 4.78 is 2.06. The molecule has 0 aliphatic carbocycles. The van der Waals surface area contributed by atoms with Gasteiger partial charge in [-0.1, -0.05) is 0 Å². The van der Waals surface area contributed by atoms with Crippen molar-refractivity contribution in [1.29, 1.82) is 0 Å². The number of hydrogen-bond donors (Lipinski definition) is 0. The highest BCUT2D eigenvalue weighted by molar-refractivity contribution is 7.07. The van der Waals surface area contributed by atoms with Gasteiger partial charge < -0.3 is 4.57 Å². The second-order valence-electron chi connectivity index (χ2n) is 2.38. The molecule has 2 nitrogen and oxygen atoms in total. The van der Waals surface area contributed by atoms with Crippen LogP contribution in [-0.2, 0) is 7.05 Å². The van der Waals surface area contributed by atoms with Gasteiger partial charge >= 0.3 is 0 Å². The first-order valence-corrected chi connectivity index (χ1v) is 4.32. The molecule has 0 saturated heterocycles. The monoisotopic (exact) mass is 164 g/mol. The Morgan fingerprint density at radius 3 is 3.00 bits per heavy atom. The zero-order chi connectivity index (χ0) is 7.68. The number of hydrogen-bond acceptors (Lipinski definition) is 2. The van der Waals surface area contributed by atoms with E-state index in [2.05, 4.69) is 21.0 Å². The highest BCUT2D eigenvalue weighted by Gasteiger charge is 2.00. The molecule has 3 heteroatoms. The van der Waals surface area contributed by atoms with E-state index in [1.54, 1.807) is 11.3 Å². The molecule has 11 heavy (non-hydrogen) atoms. The molecule has 2 aromatic heterocycles. The Morgan fingerprint density at radius 2 is 2.45 bits per heavy atom. The van der Waals surface area contributed by atoms with Crippen LogP contribution in [0.1, 0.15) is 0 Å². The SMILES string of the molecule is Cn1cccc1-c1cscn1. The maximum Gasteiger partial charge on any atom is 0.0975 e. The molecule has 0 bridgehead atoms. The van der Waals surface area contributed by atoms with E-state index in [0.29, 0.717) is 0 Å². The zero-order valence-electron chi connectivity index (χ0n) is 6.19. The average molecular weight is 164 g/mol. The Hall–Kier alpha value is -1.09. The van der Waals surface area contributed by atoms with Crippen LogP contribution in [0, 0.1) is 0 Å². The minimum absolute atomic E-state index is 1.06. The van der Waals surface area contributed by atoms with Gasteiger partial charge in [-0.25, -0.2) is 4.98 Å². The fraction of sp³-hybridized carbons (Fsp3) is 0.125. The number of nitrogens with zero attached hydrogens (tertiary/aromatic N) is 2. The Labute approximate surface area is 69.1 Å². The van der Waals surface area contributed by atoms with Gasteiger partial charge in [0.05, 0.1) is 16.9 Å². The van der Waals surface area contributed by atoms with Gasteiger partial charge in [0.1, 0.15) is 0 Å². The van der Waals surface area contributed by atoms with Crippen LogP contribution in [0.3, 0.4) is 0 Å². The maximum atomic E-state index is 4.22. The van der Waals surface area contributed by atoms with Crippen LogP contribution in [0.4, 0.5) is 0 Å². The van der Waals surface area contributed by atoms with E-state index in [1.165, 1.54) is 5.69 Å². The predicted octanol–water partition coefficient (Wildman–Crippen LogP) is 2.15. The van der Waals surface area contributed by atoms with Gasteiger partial charge in [-0.3, -0.25) is 0 Å². The van der Waals surface area contributed by atoms with Crippen molar-refractivity contribution in [2.45, 2.75) is 0 Å². The molecule has 0 unspecified atom stereocenters. The second-order valence-corrected chi connectivity index (χ2v) is 3.10. The summed E-state index contributed by atoms with van der Waals surface area (Å²) in [5, 5.41) is 2.05. The Morgan fingerprint density at radius 1 is 1.55 bits per heavy atom. The summed E-state index contributed by atoms with van der Waals surface area (Å²) >= 11 is 1.62. The summed E-state index contributed by atoms with van der Waals surface area (Å²) in [7, 11) is 2.02. The Kier molecular flexibility index (Phi) is 1.51. The lowest BCUT2D eigenvalue weighted by Crippen LogP contribution is -1.88.